The zero-order valence-corrected chi connectivity index (χ0v) is 12.3. The smallest absolute Gasteiger partial charge is 0.354 e. The predicted octanol–water partition coefficient (Wildman–Crippen LogP) is 1.89. The van der Waals surface area contributed by atoms with Crippen LogP contribution in [0.5, 0.6) is 0 Å². The van der Waals surface area contributed by atoms with E-state index in [1.807, 2.05) is 32.0 Å². The topological polar surface area (TPSA) is 79.2 Å². The lowest BCUT2D eigenvalue weighted by Crippen LogP contribution is -2.34. The number of hydrazone groups is 1. The van der Waals surface area contributed by atoms with Crippen LogP contribution in [-0.4, -0.2) is 35.4 Å². The number of hydrogen-bond donors (Lipinski definition) is 1. The molecule has 0 amide bonds. The Kier molecular flexibility index (Phi) is 4.26. The van der Waals surface area contributed by atoms with Gasteiger partial charge in [-0.25, -0.2) is 9.59 Å². The van der Waals surface area contributed by atoms with Crippen molar-refractivity contribution >= 4 is 23.3 Å². The van der Waals surface area contributed by atoms with Gasteiger partial charge in [-0.2, -0.15) is 5.10 Å². The van der Waals surface area contributed by atoms with Gasteiger partial charge >= 0.3 is 11.9 Å². The number of carbonyl (C=O) groups excluding carboxylic acids is 1. The lowest BCUT2D eigenvalue weighted by Gasteiger charge is -2.20. The van der Waals surface area contributed by atoms with Crippen LogP contribution in [0.4, 0.5) is 5.69 Å². The van der Waals surface area contributed by atoms with E-state index in [1.165, 1.54) is 5.01 Å². The van der Waals surface area contributed by atoms with Crippen molar-refractivity contribution in [2.75, 3.05) is 11.6 Å². The second kappa shape index (κ2) is 5.95. The summed E-state index contributed by atoms with van der Waals surface area (Å²) >= 11 is 0. The summed E-state index contributed by atoms with van der Waals surface area (Å²) in [6.07, 6.45) is 0.0428. The highest BCUT2D eigenvalue weighted by molar-refractivity contribution is 6.38. The maximum atomic E-state index is 11.8. The summed E-state index contributed by atoms with van der Waals surface area (Å²) in [4.78, 5) is 23.2. The van der Waals surface area contributed by atoms with Crippen LogP contribution in [-0.2, 0) is 14.3 Å². The highest BCUT2D eigenvalue weighted by atomic mass is 16.5. The van der Waals surface area contributed by atoms with Gasteiger partial charge in [0, 0.05) is 6.42 Å². The number of nitrogens with zero attached hydrogens (tertiary/aromatic N) is 2. The number of carboxylic acid groups (broad SMARTS) is 1. The Hall–Kier alpha value is -2.37. The molecule has 112 valence electrons. The minimum Gasteiger partial charge on any atom is -0.480 e. The van der Waals surface area contributed by atoms with Gasteiger partial charge in [-0.1, -0.05) is 6.07 Å². The largest absolute Gasteiger partial charge is 0.480 e. The Morgan fingerprint density at radius 1 is 1.33 bits per heavy atom. The monoisotopic (exact) mass is 290 g/mol. The van der Waals surface area contributed by atoms with Gasteiger partial charge in [0.05, 0.1) is 12.3 Å². The summed E-state index contributed by atoms with van der Waals surface area (Å²) in [6.45, 7) is 5.79. The van der Waals surface area contributed by atoms with Crippen molar-refractivity contribution in [1.82, 2.24) is 0 Å². The molecule has 0 saturated heterocycles. The quantitative estimate of drug-likeness (QED) is 0.857. The van der Waals surface area contributed by atoms with E-state index in [4.69, 9.17) is 4.74 Å². The van der Waals surface area contributed by atoms with Crippen LogP contribution in [0.3, 0.4) is 0 Å². The number of anilines is 1. The fraction of sp³-hybridized carbons (Fsp3) is 0.400. The Morgan fingerprint density at radius 3 is 2.48 bits per heavy atom. The van der Waals surface area contributed by atoms with Crippen LogP contribution in [0.1, 0.15) is 24.5 Å². The van der Waals surface area contributed by atoms with Crippen LogP contribution in [0.2, 0.25) is 0 Å². The molecule has 2 rings (SSSR count). The molecular weight excluding hydrogens is 272 g/mol. The molecule has 0 aliphatic carbocycles. The van der Waals surface area contributed by atoms with Crippen molar-refractivity contribution in [3.63, 3.8) is 0 Å². The molecule has 1 atom stereocenters. The normalized spacial score (nSPS) is 17.6. The first-order chi connectivity index (χ1) is 9.92. The number of carbonyl (C=O) groups is 2. The van der Waals surface area contributed by atoms with Gasteiger partial charge in [0.1, 0.15) is 5.71 Å². The van der Waals surface area contributed by atoms with E-state index in [-0.39, 0.29) is 18.7 Å². The molecule has 0 aromatic heterocycles. The Labute approximate surface area is 123 Å². The fourth-order valence-electron chi connectivity index (χ4n) is 2.36. The second-order valence-electron chi connectivity index (χ2n) is 5.02. The van der Waals surface area contributed by atoms with E-state index in [0.717, 1.165) is 11.1 Å². The highest BCUT2D eigenvalue weighted by Gasteiger charge is 2.36. The maximum absolute atomic E-state index is 11.8. The first kappa shape index (κ1) is 15.0. The zero-order chi connectivity index (χ0) is 15.6. The lowest BCUT2D eigenvalue weighted by atomic mass is 10.1. The highest BCUT2D eigenvalue weighted by Crippen LogP contribution is 2.27. The van der Waals surface area contributed by atoms with Gasteiger partial charge in [0.25, 0.3) is 0 Å². The van der Waals surface area contributed by atoms with Crippen LogP contribution in [0.15, 0.2) is 23.3 Å². The molecule has 0 radical (unpaired) electrons. The maximum Gasteiger partial charge on any atom is 0.354 e. The number of carboxylic acids is 1. The van der Waals surface area contributed by atoms with Crippen molar-refractivity contribution < 1.29 is 19.4 Å². The molecular formula is C15H18N2O4. The SMILES string of the molecule is CCOC(=O)C1=NN(c2cc(C)cc(C)c2)[C@H](C(=O)O)C1. The van der Waals surface area contributed by atoms with Gasteiger partial charge in [0.2, 0.25) is 0 Å². The molecule has 1 aliphatic rings. The Bertz CT molecular complexity index is 589. The predicted molar refractivity (Wildman–Crippen MR) is 78.5 cm³/mol. The molecule has 21 heavy (non-hydrogen) atoms. The third kappa shape index (κ3) is 3.21. The summed E-state index contributed by atoms with van der Waals surface area (Å²) in [7, 11) is 0. The van der Waals surface area contributed by atoms with Gasteiger partial charge < -0.3 is 9.84 Å². The zero-order valence-electron chi connectivity index (χ0n) is 12.3. The molecule has 6 nitrogen and oxygen atoms in total. The molecule has 6 heteroatoms. The molecule has 1 aromatic rings. The van der Waals surface area contributed by atoms with Crippen LogP contribution < -0.4 is 5.01 Å². The second-order valence-corrected chi connectivity index (χ2v) is 5.02. The average molecular weight is 290 g/mol. The van der Waals surface area contributed by atoms with Crippen LogP contribution in [0, 0.1) is 13.8 Å². The number of esters is 1. The number of aryl methyl sites for hydroxylation is 2. The van der Waals surface area contributed by atoms with Gasteiger partial charge in [-0.05, 0) is 44.0 Å². The van der Waals surface area contributed by atoms with Crippen LogP contribution >= 0.6 is 0 Å². The van der Waals surface area contributed by atoms with E-state index >= 15 is 0 Å². The van der Waals surface area contributed by atoms with E-state index in [0.29, 0.717) is 5.69 Å². The fourth-order valence-corrected chi connectivity index (χ4v) is 2.36. The Morgan fingerprint density at radius 2 is 1.95 bits per heavy atom. The number of hydrogen-bond acceptors (Lipinski definition) is 5. The average Bonchev–Trinajstić information content (AvgIpc) is 2.83. The summed E-state index contributed by atoms with van der Waals surface area (Å²) in [5, 5.41) is 14.9. The Balaban J connectivity index is 2.37. The molecule has 0 saturated carbocycles. The molecule has 0 unspecified atom stereocenters. The van der Waals surface area contributed by atoms with E-state index in [9.17, 15) is 14.7 Å². The van der Waals surface area contributed by atoms with Crippen molar-refractivity contribution in [2.45, 2.75) is 33.2 Å². The summed E-state index contributed by atoms with van der Waals surface area (Å²) in [6, 6.07) is 4.80. The van der Waals surface area contributed by atoms with Gasteiger partial charge in [-0.15, -0.1) is 0 Å². The molecule has 0 fully saturated rings. The van der Waals surface area contributed by atoms with Crippen LogP contribution in [0.25, 0.3) is 0 Å². The van der Waals surface area contributed by atoms with E-state index in [1.54, 1.807) is 6.92 Å². The lowest BCUT2D eigenvalue weighted by molar-refractivity contribution is -0.138. The third-order valence-corrected chi connectivity index (χ3v) is 3.18. The van der Waals surface area contributed by atoms with Crippen molar-refractivity contribution in [3.8, 4) is 0 Å². The van der Waals surface area contributed by atoms with Crippen molar-refractivity contribution in [2.24, 2.45) is 5.10 Å². The summed E-state index contributed by atoms with van der Waals surface area (Å²) in [5.41, 5.74) is 2.82. The summed E-state index contributed by atoms with van der Waals surface area (Å²) < 4.78 is 4.90. The minimum absolute atomic E-state index is 0.0428. The number of benzene rings is 1. The molecule has 1 aliphatic heterocycles. The number of aliphatic carboxylic acids is 1. The first-order valence-electron chi connectivity index (χ1n) is 6.77. The molecule has 1 aromatic carbocycles. The number of rotatable bonds is 4. The van der Waals surface area contributed by atoms with Gasteiger partial charge in [-0.3, -0.25) is 5.01 Å². The van der Waals surface area contributed by atoms with E-state index < -0.39 is 18.0 Å². The molecule has 1 N–H and O–H groups in total. The third-order valence-electron chi connectivity index (χ3n) is 3.18. The standard InChI is InChI=1S/C15H18N2O4/c1-4-21-15(20)12-8-13(14(18)19)17(16-12)11-6-9(2)5-10(3)7-11/h5-7,13H,4,8H2,1-3H3,(H,18,19)/t13-/m0/s1. The number of ether oxygens (including phenoxy) is 1. The van der Waals surface area contributed by atoms with Gasteiger partial charge in [0.15, 0.2) is 6.04 Å². The van der Waals surface area contributed by atoms with Crippen molar-refractivity contribution in [1.29, 1.82) is 0 Å². The minimum atomic E-state index is -1.02. The van der Waals surface area contributed by atoms with E-state index in [2.05, 4.69) is 5.10 Å². The first-order valence-corrected chi connectivity index (χ1v) is 6.77. The molecule has 1 heterocycles. The molecule has 0 bridgehead atoms. The van der Waals surface area contributed by atoms with Crippen molar-refractivity contribution in [3.05, 3.63) is 29.3 Å². The summed E-state index contributed by atoms with van der Waals surface area (Å²) in [5.74, 6) is -1.58. The molecule has 0 spiro atoms.